The van der Waals surface area contributed by atoms with Crippen molar-refractivity contribution in [2.45, 2.75) is 31.2 Å². The van der Waals surface area contributed by atoms with Gasteiger partial charge in [-0.25, -0.2) is 12.8 Å². The third-order valence-electron chi connectivity index (χ3n) is 5.51. The van der Waals surface area contributed by atoms with Gasteiger partial charge in [0.15, 0.2) is 11.6 Å². The van der Waals surface area contributed by atoms with E-state index in [0.717, 1.165) is 6.07 Å². The number of nitrogens with one attached hydrogen (secondary N) is 1. The Morgan fingerprint density at radius 3 is 2.53 bits per heavy atom. The van der Waals surface area contributed by atoms with E-state index in [2.05, 4.69) is 5.32 Å². The smallest absolute Gasteiger partial charge is 0.270 e. The van der Waals surface area contributed by atoms with Crippen molar-refractivity contribution in [1.29, 1.82) is 0 Å². The summed E-state index contributed by atoms with van der Waals surface area (Å²) in [4.78, 5) is 22.8. The summed E-state index contributed by atoms with van der Waals surface area (Å²) in [6, 6.07) is 8.16. The molecule has 0 aliphatic carbocycles. The van der Waals surface area contributed by atoms with Crippen molar-refractivity contribution in [2.24, 2.45) is 5.92 Å². The van der Waals surface area contributed by atoms with E-state index in [0.29, 0.717) is 24.0 Å². The minimum Gasteiger partial charge on any atom is -0.494 e. The highest BCUT2D eigenvalue weighted by Gasteiger charge is 2.33. The van der Waals surface area contributed by atoms with Crippen LogP contribution >= 0.6 is 0 Å². The molecule has 0 aromatic heterocycles. The van der Waals surface area contributed by atoms with Crippen LogP contribution in [0.2, 0.25) is 0 Å². The molecule has 0 unspecified atom stereocenters. The standard InChI is InChI=1S/C21H24FN3O6S/c1-14-3-5-17(25(27)28)12-20(14)32(29,30)24-9-7-16(8-10-24)21(26)23-13-15-4-6-19(31-2)18(22)11-15/h3-6,11-12,16H,7-10,13H2,1-2H3,(H,23,26). The number of hydrogen-bond acceptors (Lipinski definition) is 6. The Labute approximate surface area is 185 Å². The van der Waals surface area contributed by atoms with Gasteiger partial charge in [-0.2, -0.15) is 4.31 Å². The number of nitro groups is 1. The van der Waals surface area contributed by atoms with Gasteiger partial charge >= 0.3 is 0 Å². The first-order valence-corrected chi connectivity index (χ1v) is 11.4. The molecule has 1 saturated heterocycles. The fourth-order valence-corrected chi connectivity index (χ4v) is 5.35. The quantitative estimate of drug-likeness (QED) is 0.496. The van der Waals surface area contributed by atoms with E-state index >= 15 is 0 Å². The molecule has 172 valence electrons. The van der Waals surface area contributed by atoms with Gasteiger partial charge in [-0.1, -0.05) is 12.1 Å². The number of halogens is 1. The SMILES string of the molecule is COc1ccc(CNC(=O)C2CCN(S(=O)(=O)c3cc([N+](=O)[O-])ccc3C)CC2)cc1F. The lowest BCUT2D eigenvalue weighted by molar-refractivity contribution is -0.385. The maximum absolute atomic E-state index is 13.8. The van der Waals surface area contributed by atoms with Gasteiger partial charge in [0, 0.05) is 37.7 Å². The van der Waals surface area contributed by atoms with E-state index in [1.165, 1.54) is 35.7 Å². The highest BCUT2D eigenvalue weighted by Crippen LogP contribution is 2.28. The third kappa shape index (κ3) is 5.05. The van der Waals surface area contributed by atoms with Crippen molar-refractivity contribution >= 4 is 21.6 Å². The predicted molar refractivity (Wildman–Crippen MR) is 114 cm³/mol. The van der Waals surface area contributed by atoms with Crippen LogP contribution in [0.1, 0.15) is 24.0 Å². The zero-order valence-corrected chi connectivity index (χ0v) is 18.5. The van der Waals surface area contributed by atoms with E-state index in [4.69, 9.17) is 4.74 Å². The Morgan fingerprint density at radius 1 is 1.25 bits per heavy atom. The first-order chi connectivity index (χ1) is 15.1. The van der Waals surface area contributed by atoms with Gasteiger partial charge in [0.1, 0.15) is 0 Å². The topological polar surface area (TPSA) is 119 Å². The fourth-order valence-electron chi connectivity index (χ4n) is 3.63. The summed E-state index contributed by atoms with van der Waals surface area (Å²) in [5, 5.41) is 13.8. The lowest BCUT2D eigenvalue weighted by atomic mass is 9.97. The zero-order valence-electron chi connectivity index (χ0n) is 17.7. The maximum atomic E-state index is 13.8. The Hall–Kier alpha value is -3.05. The molecule has 0 saturated carbocycles. The molecule has 9 nitrogen and oxygen atoms in total. The van der Waals surface area contributed by atoms with Crippen LogP contribution in [-0.2, 0) is 21.4 Å². The van der Waals surface area contributed by atoms with Crippen LogP contribution in [0.25, 0.3) is 0 Å². The lowest BCUT2D eigenvalue weighted by Crippen LogP contribution is -2.43. The van der Waals surface area contributed by atoms with E-state index in [1.54, 1.807) is 13.0 Å². The summed E-state index contributed by atoms with van der Waals surface area (Å²) in [5.41, 5.74) is 0.707. The summed E-state index contributed by atoms with van der Waals surface area (Å²) in [6.07, 6.45) is 0.631. The van der Waals surface area contributed by atoms with Crippen molar-refractivity contribution in [1.82, 2.24) is 9.62 Å². The molecule has 3 rings (SSSR count). The van der Waals surface area contributed by atoms with Crippen LogP contribution in [-0.4, -0.2) is 43.8 Å². The fraction of sp³-hybridized carbons (Fsp3) is 0.381. The molecule has 11 heteroatoms. The number of hydrogen-bond donors (Lipinski definition) is 1. The van der Waals surface area contributed by atoms with Gasteiger partial charge in [-0.05, 0) is 43.0 Å². The number of piperidine rings is 1. The highest BCUT2D eigenvalue weighted by atomic mass is 32.2. The Bertz CT molecular complexity index is 1130. The molecule has 0 spiro atoms. The van der Waals surface area contributed by atoms with Crippen molar-refractivity contribution in [3.8, 4) is 5.75 Å². The number of carbonyl (C=O) groups is 1. The molecule has 1 fully saturated rings. The minimum absolute atomic E-state index is 0.101. The van der Waals surface area contributed by atoms with E-state index in [9.17, 15) is 27.7 Å². The third-order valence-corrected chi connectivity index (χ3v) is 7.55. The molecule has 32 heavy (non-hydrogen) atoms. The average Bonchev–Trinajstić information content (AvgIpc) is 2.77. The molecular weight excluding hydrogens is 441 g/mol. The molecule has 2 aromatic carbocycles. The average molecular weight is 466 g/mol. The minimum atomic E-state index is -3.92. The maximum Gasteiger partial charge on any atom is 0.270 e. The molecule has 1 aliphatic heterocycles. The van der Waals surface area contributed by atoms with Gasteiger partial charge in [0.25, 0.3) is 5.69 Å². The number of nitro benzene ring substituents is 1. The summed E-state index contributed by atoms with van der Waals surface area (Å²) < 4.78 is 45.9. The first kappa shape index (κ1) is 23.6. The normalized spacial score (nSPS) is 15.3. The summed E-state index contributed by atoms with van der Waals surface area (Å²) >= 11 is 0. The van der Waals surface area contributed by atoms with Gasteiger partial charge in [0.2, 0.25) is 15.9 Å². The second-order valence-corrected chi connectivity index (χ2v) is 9.48. The van der Waals surface area contributed by atoms with Crippen LogP contribution in [0.3, 0.4) is 0 Å². The lowest BCUT2D eigenvalue weighted by Gasteiger charge is -2.30. The molecule has 1 aliphatic rings. The van der Waals surface area contributed by atoms with Crippen molar-refractivity contribution in [2.75, 3.05) is 20.2 Å². The van der Waals surface area contributed by atoms with Crippen LogP contribution in [0.4, 0.5) is 10.1 Å². The number of aryl methyl sites for hydroxylation is 1. The van der Waals surface area contributed by atoms with Crippen LogP contribution in [0.5, 0.6) is 5.75 Å². The van der Waals surface area contributed by atoms with Crippen molar-refractivity contribution < 1.29 is 27.3 Å². The van der Waals surface area contributed by atoms with Crippen molar-refractivity contribution in [3.63, 3.8) is 0 Å². The first-order valence-electron chi connectivity index (χ1n) is 9.99. The molecule has 0 bridgehead atoms. The highest BCUT2D eigenvalue weighted by molar-refractivity contribution is 7.89. The van der Waals surface area contributed by atoms with Crippen molar-refractivity contribution in [3.05, 3.63) is 63.5 Å². The summed E-state index contributed by atoms with van der Waals surface area (Å²) in [7, 11) is -2.55. The van der Waals surface area contributed by atoms with Gasteiger partial charge in [0.05, 0.1) is 16.9 Å². The molecular formula is C21H24FN3O6S. The molecule has 1 amide bonds. The Morgan fingerprint density at radius 2 is 1.94 bits per heavy atom. The number of benzene rings is 2. The van der Waals surface area contributed by atoms with Crippen LogP contribution < -0.4 is 10.1 Å². The molecule has 2 aromatic rings. The number of methoxy groups -OCH3 is 1. The Kier molecular flexibility index (Phi) is 7.09. The Balaban J connectivity index is 1.61. The number of carbonyl (C=O) groups excluding carboxylic acids is 1. The number of rotatable bonds is 7. The number of nitrogens with zero attached hydrogens (tertiary/aromatic N) is 2. The predicted octanol–water partition coefficient (Wildman–Crippen LogP) is 2.77. The number of sulfonamides is 1. The molecule has 1 N–H and O–H groups in total. The monoisotopic (exact) mass is 465 g/mol. The molecule has 0 radical (unpaired) electrons. The largest absolute Gasteiger partial charge is 0.494 e. The second-order valence-electron chi connectivity index (χ2n) is 7.57. The second kappa shape index (κ2) is 9.61. The van der Waals surface area contributed by atoms with E-state index in [1.807, 2.05) is 0 Å². The molecule has 0 atom stereocenters. The van der Waals surface area contributed by atoms with E-state index < -0.39 is 20.8 Å². The summed E-state index contributed by atoms with van der Waals surface area (Å²) in [5.74, 6) is -1.01. The van der Waals surface area contributed by atoms with Gasteiger partial charge < -0.3 is 10.1 Å². The molecule has 1 heterocycles. The van der Waals surface area contributed by atoms with Crippen LogP contribution in [0, 0.1) is 28.8 Å². The summed E-state index contributed by atoms with van der Waals surface area (Å²) in [6.45, 7) is 1.98. The van der Waals surface area contributed by atoms with Gasteiger partial charge in [-0.15, -0.1) is 0 Å². The van der Waals surface area contributed by atoms with Crippen LogP contribution in [0.15, 0.2) is 41.3 Å². The van der Waals surface area contributed by atoms with Gasteiger partial charge in [-0.3, -0.25) is 14.9 Å². The zero-order chi connectivity index (χ0) is 23.5. The number of ether oxygens (including phenoxy) is 1. The number of amides is 1. The number of non-ortho nitro benzene ring substituents is 1. The van der Waals surface area contributed by atoms with E-state index in [-0.39, 0.29) is 47.8 Å².